The van der Waals surface area contributed by atoms with Crippen molar-refractivity contribution in [2.45, 2.75) is 43.5 Å². The molecular weight excluding hydrogens is 225 g/mol. The number of hydrogen-bond acceptors (Lipinski definition) is 2. The zero-order valence-corrected chi connectivity index (χ0v) is 11.6. The molecular formula is C10H20GeO2. The summed E-state index contributed by atoms with van der Waals surface area (Å²) in [7, 11) is 0. The average molecular weight is 245 g/mol. The van der Waals surface area contributed by atoms with E-state index in [9.17, 15) is 4.79 Å². The Morgan fingerprint density at radius 2 is 1.77 bits per heavy atom. The zero-order valence-electron chi connectivity index (χ0n) is 9.47. The van der Waals surface area contributed by atoms with Gasteiger partial charge in [0.1, 0.15) is 0 Å². The van der Waals surface area contributed by atoms with Gasteiger partial charge in [-0.1, -0.05) is 0 Å². The predicted octanol–water partition coefficient (Wildman–Crippen LogP) is 3.11. The summed E-state index contributed by atoms with van der Waals surface area (Å²) in [6, 6.07) is 0. The fraction of sp³-hybridized carbons (Fsp3) is 0.700. The van der Waals surface area contributed by atoms with E-state index in [-0.39, 0.29) is 10.2 Å². The molecule has 76 valence electrons. The third-order valence-electron chi connectivity index (χ3n) is 2.46. The monoisotopic (exact) mass is 246 g/mol. The molecule has 0 aliphatic heterocycles. The number of hydrogen-bond donors (Lipinski definition) is 0. The molecule has 0 aliphatic rings. The van der Waals surface area contributed by atoms with Gasteiger partial charge in [-0.05, 0) is 0 Å². The first-order valence-corrected chi connectivity index (χ1v) is 10.7. The van der Waals surface area contributed by atoms with Crippen LogP contribution in [0.3, 0.4) is 0 Å². The van der Waals surface area contributed by atoms with Crippen molar-refractivity contribution in [1.82, 2.24) is 0 Å². The average Bonchev–Trinajstić information content (AvgIpc) is 1.83. The first-order chi connectivity index (χ1) is 5.70. The topological polar surface area (TPSA) is 26.3 Å². The van der Waals surface area contributed by atoms with E-state index in [1.165, 1.54) is 6.08 Å². The van der Waals surface area contributed by atoms with Crippen LogP contribution in [0.1, 0.15) is 27.7 Å². The number of carbonyl (C=O) groups excluding carboxylic acids is 1. The van der Waals surface area contributed by atoms with Crippen molar-refractivity contribution in [2.75, 3.05) is 0 Å². The fourth-order valence-corrected chi connectivity index (χ4v) is 2.42. The molecule has 0 aromatic rings. The SMILES string of the molecule is C/C=C/C(=O)[O][Ge]([CH3])([CH3])[C](C)(C)C. The molecule has 0 aromatic heterocycles. The third kappa shape index (κ3) is 3.98. The molecule has 0 spiro atoms. The molecule has 0 aliphatic carbocycles. The van der Waals surface area contributed by atoms with Crippen LogP contribution in [-0.2, 0) is 8.56 Å². The number of carbonyl (C=O) groups is 1. The number of rotatable bonds is 2. The molecule has 0 aromatic carbocycles. The molecule has 0 rings (SSSR count). The van der Waals surface area contributed by atoms with E-state index < -0.39 is 13.6 Å². The molecule has 0 bridgehead atoms. The van der Waals surface area contributed by atoms with Crippen LogP contribution in [0, 0.1) is 0 Å². The molecule has 0 saturated carbocycles. The predicted molar refractivity (Wildman–Crippen MR) is 58.1 cm³/mol. The second-order valence-electron chi connectivity index (χ2n) is 4.68. The normalized spacial score (nSPS) is 13.4. The molecule has 3 heteroatoms. The van der Waals surface area contributed by atoms with Crippen molar-refractivity contribution in [1.29, 1.82) is 0 Å². The molecule has 13 heavy (non-hydrogen) atoms. The van der Waals surface area contributed by atoms with Gasteiger partial charge >= 0.3 is 83.7 Å². The van der Waals surface area contributed by atoms with E-state index in [0.29, 0.717) is 0 Å². The summed E-state index contributed by atoms with van der Waals surface area (Å²) in [5.41, 5.74) is 0. The Balaban J connectivity index is 4.43. The molecule has 0 heterocycles. The third-order valence-corrected chi connectivity index (χ3v) is 11.5. The van der Waals surface area contributed by atoms with Gasteiger partial charge in [-0.2, -0.15) is 0 Å². The van der Waals surface area contributed by atoms with Crippen LogP contribution in [0.15, 0.2) is 12.2 Å². The summed E-state index contributed by atoms with van der Waals surface area (Å²) in [6.45, 7) is 8.22. The Labute approximate surface area is 84.1 Å². The Hall–Kier alpha value is -0.247. The molecule has 0 fully saturated rings. The van der Waals surface area contributed by atoms with E-state index in [0.717, 1.165) is 0 Å². The molecule has 0 atom stereocenters. The molecule has 0 N–H and O–H groups in total. The van der Waals surface area contributed by atoms with Gasteiger partial charge < -0.3 is 0 Å². The summed E-state index contributed by atoms with van der Waals surface area (Å²) in [5, 5.41) is 0. The second kappa shape index (κ2) is 4.31. The van der Waals surface area contributed by atoms with Crippen molar-refractivity contribution in [2.24, 2.45) is 0 Å². The van der Waals surface area contributed by atoms with E-state index in [4.69, 9.17) is 3.76 Å². The molecule has 0 amide bonds. The summed E-state index contributed by atoms with van der Waals surface area (Å²) >= 11 is -2.42. The van der Waals surface area contributed by atoms with Gasteiger partial charge in [0.05, 0.1) is 0 Å². The van der Waals surface area contributed by atoms with Gasteiger partial charge in [0.25, 0.3) is 0 Å². The van der Waals surface area contributed by atoms with Crippen molar-refractivity contribution >= 4 is 19.6 Å². The van der Waals surface area contributed by atoms with Crippen LogP contribution < -0.4 is 0 Å². The van der Waals surface area contributed by atoms with E-state index in [1.54, 1.807) is 6.08 Å². The summed E-state index contributed by atoms with van der Waals surface area (Å²) in [4.78, 5) is 11.2. The molecule has 2 nitrogen and oxygen atoms in total. The summed E-state index contributed by atoms with van der Waals surface area (Å²) < 4.78 is 5.64. The molecule has 0 radical (unpaired) electrons. The Kier molecular flexibility index (Phi) is 4.23. The van der Waals surface area contributed by atoms with E-state index in [1.807, 2.05) is 6.92 Å². The molecule has 0 unspecified atom stereocenters. The Morgan fingerprint density at radius 1 is 1.31 bits per heavy atom. The summed E-state index contributed by atoms with van der Waals surface area (Å²) in [6.07, 6.45) is 3.20. The zero-order chi connectivity index (χ0) is 10.7. The maximum atomic E-state index is 11.2. The minimum absolute atomic E-state index is 0.136. The van der Waals surface area contributed by atoms with Gasteiger partial charge in [0.15, 0.2) is 0 Å². The van der Waals surface area contributed by atoms with Crippen LogP contribution in [0.2, 0.25) is 15.8 Å². The fourth-order valence-electron chi connectivity index (χ4n) is 0.575. The Morgan fingerprint density at radius 3 is 2.08 bits per heavy atom. The van der Waals surface area contributed by atoms with Crippen molar-refractivity contribution in [3.8, 4) is 0 Å². The van der Waals surface area contributed by atoms with Gasteiger partial charge in [0.2, 0.25) is 0 Å². The van der Waals surface area contributed by atoms with Crippen LogP contribution in [0.25, 0.3) is 0 Å². The maximum absolute atomic E-state index is 11.2. The second-order valence-corrected chi connectivity index (χ2v) is 14.6. The van der Waals surface area contributed by atoms with E-state index in [2.05, 4.69) is 32.3 Å². The van der Waals surface area contributed by atoms with Gasteiger partial charge in [-0.25, -0.2) is 0 Å². The minimum atomic E-state index is -2.42. The van der Waals surface area contributed by atoms with Gasteiger partial charge in [-0.15, -0.1) is 0 Å². The van der Waals surface area contributed by atoms with Crippen molar-refractivity contribution in [3.05, 3.63) is 12.2 Å². The first kappa shape index (κ1) is 12.8. The van der Waals surface area contributed by atoms with Crippen molar-refractivity contribution in [3.63, 3.8) is 0 Å². The van der Waals surface area contributed by atoms with Gasteiger partial charge in [-0.3, -0.25) is 0 Å². The first-order valence-electron chi connectivity index (χ1n) is 4.56. The molecule has 0 saturated heterocycles. The van der Waals surface area contributed by atoms with Crippen molar-refractivity contribution < 1.29 is 8.56 Å². The number of allylic oxidation sites excluding steroid dienone is 1. The summed E-state index contributed by atoms with van der Waals surface area (Å²) in [5.74, 6) is 4.03. The van der Waals surface area contributed by atoms with Crippen LogP contribution in [0.4, 0.5) is 0 Å². The van der Waals surface area contributed by atoms with Crippen LogP contribution in [0.5, 0.6) is 0 Å². The standard InChI is InChI=1S/C10H20GeO2/c1-7-8-9(12)13-11(5,6)10(2,3)4/h7-8H,1-6H3/b8-7+. The van der Waals surface area contributed by atoms with Crippen LogP contribution >= 0.6 is 0 Å². The Bertz CT molecular complexity index is 211. The van der Waals surface area contributed by atoms with E-state index >= 15 is 0 Å². The quantitative estimate of drug-likeness (QED) is 0.551. The van der Waals surface area contributed by atoms with Crippen LogP contribution in [-0.4, -0.2) is 19.6 Å². The van der Waals surface area contributed by atoms with Gasteiger partial charge in [0, 0.05) is 0 Å².